The van der Waals surface area contributed by atoms with Crippen LogP contribution in [0.25, 0.3) is 10.8 Å². The topological polar surface area (TPSA) is 101 Å². The van der Waals surface area contributed by atoms with Crippen LogP contribution < -0.4 is 10.9 Å². The lowest BCUT2D eigenvalue weighted by Gasteiger charge is -2.25. The molecule has 0 unspecified atom stereocenters. The third-order valence-electron chi connectivity index (χ3n) is 6.14. The molecule has 9 heteroatoms. The Hall–Kier alpha value is -3.04. The molecule has 180 valence electrons. The van der Waals surface area contributed by atoms with Crippen molar-refractivity contribution in [1.29, 1.82) is 0 Å². The molecular formula is C25H30N4O4S. The Bertz CT molecular complexity index is 1330. The van der Waals surface area contributed by atoms with Gasteiger partial charge in [-0.1, -0.05) is 50.1 Å². The van der Waals surface area contributed by atoms with E-state index < -0.39 is 10.0 Å². The normalized spacial score (nSPS) is 14.9. The number of piperidine rings is 1. The van der Waals surface area contributed by atoms with Gasteiger partial charge in [-0.2, -0.15) is 9.40 Å². The summed E-state index contributed by atoms with van der Waals surface area (Å²) in [6.45, 7) is 3.81. The van der Waals surface area contributed by atoms with Crippen molar-refractivity contribution in [3.05, 3.63) is 70.1 Å². The van der Waals surface area contributed by atoms with Gasteiger partial charge in [-0.05, 0) is 43.0 Å². The van der Waals surface area contributed by atoms with E-state index in [1.165, 1.54) is 8.99 Å². The number of carbonyl (C=O) groups excluding carboxylic acids is 1. The maximum atomic E-state index is 13.0. The zero-order valence-electron chi connectivity index (χ0n) is 19.4. The SMILES string of the molecule is CCCCn1nc(C(=O)NCc2ccc(S(=O)(=O)N3CCCCC3)cc2)c2ccccc2c1=O. The van der Waals surface area contributed by atoms with Crippen molar-refractivity contribution in [2.24, 2.45) is 0 Å². The number of benzene rings is 2. The van der Waals surface area contributed by atoms with Gasteiger partial charge in [0.1, 0.15) is 0 Å². The van der Waals surface area contributed by atoms with Gasteiger partial charge < -0.3 is 5.32 Å². The fourth-order valence-electron chi connectivity index (χ4n) is 4.16. The van der Waals surface area contributed by atoms with Gasteiger partial charge in [-0.25, -0.2) is 13.1 Å². The van der Waals surface area contributed by atoms with E-state index in [9.17, 15) is 18.0 Å². The van der Waals surface area contributed by atoms with Gasteiger partial charge in [0.05, 0.1) is 10.3 Å². The third-order valence-corrected chi connectivity index (χ3v) is 8.05. The van der Waals surface area contributed by atoms with Gasteiger partial charge in [0.2, 0.25) is 10.0 Å². The summed E-state index contributed by atoms with van der Waals surface area (Å²) in [5.41, 5.74) is 0.774. The molecule has 3 aromatic rings. The fraction of sp³-hybridized carbons (Fsp3) is 0.400. The highest BCUT2D eigenvalue weighted by Crippen LogP contribution is 2.21. The number of unbranched alkanes of at least 4 members (excludes halogenated alkanes) is 1. The summed E-state index contributed by atoms with van der Waals surface area (Å²) in [4.78, 5) is 26.0. The number of hydrogen-bond donors (Lipinski definition) is 1. The minimum atomic E-state index is -3.49. The number of sulfonamides is 1. The molecule has 0 atom stereocenters. The summed E-state index contributed by atoms with van der Waals surface area (Å²) in [5.74, 6) is -0.383. The molecule has 4 rings (SSSR count). The molecule has 1 aromatic heterocycles. The van der Waals surface area contributed by atoms with Crippen molar-refractivity contribution < 1.29 is 13.2 Å². The molecule has 0 aliphatic carbocycles. The second-order valence-electron chi connectivity index (χ2n) is 8.57. The average Bonchev–Trinajstić information content (AvgIpc) is 2.88. The number of carbonyl (C=O) groups is 1. The van der Waals surface area contributed by atoms with E-state index in [4.69, 9.17) is 0 Å². The first-order valence-electron chi connectivity index (χ1n) is 11.8. The minimum absolute atomic E-state index is 0.203. The molecule has 0 radical (unpaired) electrons. The van der Waals surface area contributed by atoms with Crippen LogP contribution in [-0.4, -0.2) is 41.5 Å². The highest BCUT2D eigenvalue weighted by Gasteiger charge is 2.25. The van der Waals surface area contributed by atoms with Crippen molar-refractivity contribution in [2.45, 2.75) is 57.0 Å². The standard InChI is InChI=1S/C25H30N4O4S/c1-2-3-17-29-25(31)22-10-6-5-9-21(22)23(27-29)24(30)26-18-19-11-13-20(14-12-19)34(32,33)28-15-7-4-8-16-28/h5-6,9-14H,2-4,7-8,15-18H2,1H3,(H,26,30). The van der Waals surface area contributed by atoms with Crippen molar-refractivity contribution in [3.63, 3.8) is 0 Å². The molecule has 0 saturated carbocycles. The first-order chi connectivity index (χ1) is 16.4. The molecule has 0 spiro atoms. The van der Waals surface area contributed by atoms with E-state index in [1.54, 1.807) is 48.5 Å². The maximum absolute atomic E-state index is 13.0. The van der Waals surface area contributed by atoms with Gasteiger partial charge in [0, 0.05) is 31.6 Å². The highest BCUT2D eigenvalue weighted by molar-refractivity contribution is 7.89. The van der Waals surface area contributed by atoms with Crippen LogP contribution in [0.1, 0.15) is 55.1 Å². The predicted octanol–water partition coefficient (Wildman–Crippen LogP) is 3.30. The first-order valence-corrected chi connectivity index (χ1v) is 13.2. The van der Waals surface area contributed by atoms with Crippen molar-refractivity contribution in [2.75, 3.05) is 13.1 Å². The molecule has 1 aliphatic heterocycles. The van der Waals surface area contributed by atoms with Crippen LogP contribution in [0.3, 0.4) is 0 Å². The number of amides is 1. The van der Waals surface area contributed by atoms with Crippen LogP contribution in [0.4, 0.5) is 0 Å². The second kappa shape index (κ2) is 10.5. The molecule has 34 heavy (non-hydrogen) atoms. The van der Waals surface area contributed by atoms with Gasteiger partial charge in [-0.3, -0.25) is 9.59 Å². The highest BCUT2D eigenvalue weighted by atomic mass is 32.2. The Kier molecular flexibility index (Phi) is 7.43. The average molecular weight is 483 g/mol. The van der Waals surface area contributed by atoms with Crippen LogP contribution in [0.15, 0.2) is 58.2 Å². The Labute approximate surface area is 199 Å². The van der Waals surface area contributed by atoms with E-state index in [0.717, 1.165) is 37.7 Å². The Morgan fingerprint density at radius 3 is 2.35 bits per heavy atom. The zero-order valence-corrected chi connectivity index (χ0v) is 20.2. The van der Waals surface area contributed by atoms with Gasteiger partial charge in [0.25, 0.3) is 11.5 Å². The lowest BCUT2D eigenvalue weighted by Crippen LogP contribution is -2.35. The van der Waals surface area contributed by atoms with Crippen molar-refractivity contribution in [3.8, 4) is 0 Å². The Morgan fingerprint density at radius 1 is 1.00 bits per heavy atom. The van der Waals surface area contributed by atoms with Crippen molar-refractivity contribution >= 4 is 26.7 Å². The van der Waals surface area contributed by atoms with E-state index in [2.05, 4.69) is 10.4 Å². The molecule has 2 aromatic carbocycles. The number of aryl methyl sites for hydroxylation is 1. The molecule has 1 aliphatic rings. The molecule has 1 fully saturated rings. The number of fused-ring (bicyclic) bond motifs is 1. The smallest absolute Gasteiger partial charge is 0.274 e. The van der Waals surface area contributed by atoms with E-state index >= 15 is 0 Å². The van der Waals surface area contributed by atoms with Crippen LogP contribution in [-0.2, 0) is 23.1 Å². The summed E-state index contributed by atoms with van der Waals surface area (Å²) in [5, 5.41) is 8.19. The zero-order chi connectivity index (χ0) is 24.1. The summed E-state index contributed by atoms with van der Waals surface area (Å²) in [7, 11) is -3.49. The molecule has 8 nitrogen and oxygen atoms in total. The lowest BCUT2D eigenvalue weighted by atomic mass is 10.1. The third kappa shape index (κ3) is 5.05. The minimum Gasteiger partial charge on any atom is -0.347 e. The molecule has 1 saturated heterocycles. The summed E-state index contributed by atoms with van der Waals surface area (Å²) >= 11 is 0. The van der Waals surface area contributed by atoms with E-state index in [-0.39, 0.29) is 28.6 Å². The lowest BCUT2D eigenvalue weighted by molar-refractivity contribution is 0.0945. The fourth-order valence-corrected chi connectivity index (χ4v) is 5.68. The first kappa shape index (κ1) is 24.1. The van der Waals surface area contributed by atoms with Gasteiger partial charge in [-0.15, -0.1) is 0 Å². The number of nitrogens with zero attached hydrogens (tertiary/aromatic N) is 3. The second-order valence-corrected chi connectivity index (χ2v) is 10.5. The molecular weight excluding hydrogens is 452 g/mol. The van der Waals surface area contributed by atoms with Crippen LogP contribution in [0.5, 0.6) is 0 Å². The van der Waals surface area contributed by atoms with Crippen LogP contribution >= 0.6 is 0 Å². The van der Waals surface area contributed by atoms with Crippen LogP contribution in [0.2, 0.25) is 0 Å². The predicted molar refractivity (Wildman–Crippen MR) is 131 cm³/mol. The maximum Gasteiger partial charge on any atom is 0.274 e. The van der Waals surface area contributed by atoms with E-state index in [0.29, 0.717) is 30.4 Å². The van der Waals surface area contributed by atoms with E-state index in [1.807, 2.05) is 6.92 Å². The Balaban J connectivity index is 1.51. The Morgan fingerprint density at radius 2 is 1.68 bits per heavy atom. The summed E-state index contributed by atoms with van der Waals surface area (Å²) < 4.78 is 28.6. The quantitative estimate of drug-likeness (QED) is 0.531. The number of nitrogens with one attached hydrogen (secondary N) is 1. The monoisotopic (exact) mass is 482 g/mol. The largest absolute Gasteiger partial charge is 0.347 e. The van der Waals surface area contributed by atoms with Crippen LogP contribution in [0, 0.1) is 0 Å². The molecule has 1 amide bonds. The van der Waals surface area contributed by atoms with Gasteiger partial charge >= 0.3 is 0 Å². The summed E-state index contributed by atoms with van der Waals surface area (Å²) in [6, 6.07) is 13.6. The van der Waals surface area contributed by atoms with Gasteiger partial charge in [0.15, 0.2) is 5.69 Å². The van der Waals surface area contributed by atoms with Crippen molar-refractivity contribution in [1.82, 2.24) is 19.4 Å². The molecule has 0 bridgehead atoms. The summed E-state index contributed by atoms with van der Waals surface area (Å²) in [6.07, 6.45) is 4.53. The number of rotatable bonds is 8. The number of aromatic nitrogens is 2. The molecule has 2 heterocycles. The number of hydrogen-bond acceptors (Lipinski definition) is 5. The molecule has 1 N–H and O–H groups in total.